The van der Waals surface area contributed by atoms with E-state index in [4.69, 9.17) is 9.47 Å². The Labute approximate surface area is 143 Å². The first-order valence-corrected chi connectivity index (χ1v) is 7.99. The summed E-state index contributed by atoms with van der Waals surface area (Å²) < 4.78 is 10.4. The molecule has 2 N–H and O–H groups in total. The number of rotatable bonds is 8. The first kappa shape index (κ1) is 17.8. The lowest BCUT2D eigenvalue weighted by molar-refractivity contribution is -0.893. The van der Waals surface area contributed by atoms with Gasteiger partial charge in [-0.1, -0.05) is 30.3 Å². The largest absolute Gasteiger partial charge is 0.497 e. The van der Waals surface area contributed by atoms with Crippen LogP contribution in [0.25, 0.3) is 0 Å². The van der Waals surface area contributed by atoms with Crippen LogP contribution in [0.5, 0.6) is 11.5 Å². The fraction of sp³-hybridized carbons (Fsp3) is 0.316. The minimum Gasteiger partial charge on any atom is -0.497 e. The van der Waals surface area contributed by atoms with E-state index in [2.05, 4.69) is 24.5 Å². The SMILES string of the molecule is COc1cc(NC(=O)CC[NH+](C)Cc2ccccc2)cc(OC)c1. The van der Waals surface area contributed by atoms with E-state index >= 15 is 0 Å². The molecule has 5 nitrogen and oxygen atoms in total. The van der Waals surface area contributed by atoms with Gasteiger partial charge in [-0.3, -0.25) is 4.79 Å². The smallest absolute Gasteiger partial charge is 0.230 e. The third-order valence-electron chi connectivity index (χ3n) is 3.76. The standard InChI is InChI=1S/C19H24N2O3/c1-21(14-15-7-5-4-6-8-15)10-9-19(22)20-16-11-17(23-2)13-18(12-16)24-3/h4-8,11-13H,9-10,14H2,1-3H3,(H,20,22)/p+1. The number of hydrogen-bond acceptors (Lipinski definition) is 3. The van der Waals surface area contributed by atoms with Gasteiger partial charge in [0.25, 0.3) is 0 Å². The number of nitrogens with one attached hydrogen (secondary N) is 2. The van der Waals surface area contributed by atoms with Crippen molar-refractivity contribution in [2.24, 2.45) is 0 Å². The van der Waals surface area contributed by atoms with E-state index < -0.39 is 0 Å². The van der Waals surface area contributed by atoms with E-state index in [-0.39, 0.29) is 5.91 Å². The lowest BCUT2D eigenvalue weighted by Gasteiger charge is -2.14. The van der Waals surface area contributed by atoms with Crippen molar-refractivity contribution in [1.29, 1.82) is 0 Å². The van der Waals surface area contributed by atoms with Crippen LogP contribution in [0.2, 0.25) is 0 Å². The van der Waals surface area contributed by atoms with Gasteiger partial charge in [-0.25, -0.2) is 0 Å². The average molecular weight is 329 g/mol. The second-order valence-corrected chi connectivity index (χ2v) is 5.77. The van der Waals surface area contributed by atoms with Crippen LogP contribution < -0.4 is 19.7 Å². The van der Waals surface area contributed by atoms with E-state index in [1.807, 2.05) is 18.2 Å². The zero-order valence-electron chi connectivity index (χ0n) is 14.5. The topological polar surface area (TPSA) is 52.0 Å². The number of carbonyl (C=O) groups excluding carboxylic acids is 1. The van der Waals surface area contributed by atoms with E-state index in [0.717, 1.165) is 13.1 Å². The molecule has 1 unspecified atom stereocenters. The van der Waals surface area contributed by atoms with Crippen molar-refractivity contribution < 1.29 is 19.2 Å². The summed E-state index contributed by atoms with van der Waals surface area (Å²) in [6.45, 7) is 1.67. The first-order chi connectivity index (χ1) is 11.6. The lowest BCUT2D eigenvalue weighted by atomic mass is 10.2. The van der Waals surface area contributed by atoms with Crippen LogP contribution >= 0.6 is 0 Å². The van der Waals surface area contributed by atoms with Crippen LogP contribution in [-0.4, -0.2) is 33.7 Å². The zero-order chi connectivity index (χ0) is 17.4. The van der Waals surface area contributed by atoms with Crippen molar-refractivity contribution in [3.63, 3.8) is 0 Å². The molecule has 0 radical (unpaired) electrons. The normalized spacial score (nSPS) is 11.6. The lowest BCUT2D eigenvalue weighted by Crippen LogP contribution is -3.07. The number of ether oxygens (including phenoxy) is 2. The summed E-state index contributed by atoms with van der Waals surface area (Å²) in [7, 11) is 5.26. The average Bonchev–Trinajstić information content (AvgIpc) is 2.60. The van der Waals surface area contributed by atoms with Crippen LogP contribution in [0.4, 0.5) is 5.69 Å². The molecule has 0 spiro atoms. The van der Waals surface area contributed by atoms with E-state index in [9.17, 15) is 4.79 Å². The maximum absolute atomic E-state index is 12.2. The van der Waals surface area contributed by atoms with Crippen LogP contribution in [0.15, 0.2) is 48.5 Å². The van der Waals surface area contributed by atoms with E-state index in [1.54, 1.807) is 32.4 Å². The maximum Gasteiger partial charge on any atom is 0.230 e. The fourth-order valence-corrected chi connectivity index (χ4v) is 2.46. The third-order valence-corrected chi connectivity index (χ3v) is 3.76. The Morgan fingerprint density at radius 2 is 1.67 bits per heavy atom. The molecule has 0 aliphatic heterocycles. The summed E-state index contributed by atoms with van der Waals surface area (Å²) >= 11 is 0. The van der Waals surface area contributed by atoms with Crippen molar-refractivity contribution in [1.82, 2.24) is 0 Å². The van der Waals surface area contributed by atoms with Gasteiger partial charge in [-0.05, 0) is 0 Å². The van der Waals surface area contributed by atoms with E-state index in [1.165, 1.54) is 10.5 Å². The highest BCUT2D eigenvalue weighted by atomic mass is 16.5. The number of methoxy groups -OCH3 is 2. The molecule has 0 heterocycles. The quantitative estimate of drug-likeness (QED) is 0.776. The fourth-order valence-electron chi connectivity index (χ4n) is 2.46. The van der Waals surface area contributed by atoms with Crippen molar-refractivity contribution in [3.05, 3.63) is 54.1 Å². The Morgan fingerprint density at radius 3 is 2.25 bits per heavy atom. The molecule has 0 saturated heterocycles. The highest BCUT2D eigenvalue weighted by molar-refractivity contribution is 5.91. The zero-order valence-corrected chi connectivity index (χ0v) is 14.5. The Balaban J connectivity index is 1.84. The third kappa shape index (κ3) is 5.59. The molecule has 1 amide bonds. The highest BCUT2D eigenvalue weighted by Crippen LogP contribution is 2.25. The summed E-state index contributed by atoms with van der Waals surface area (Å²) in [5.74, 6) is 1.28. The molecule has 2 aromatic carbocycles. The van der Waals surface area contributed by atoms with Crippen molar-refractivity contribution in [2.75, 3.05) is 33.1 Å². The molecule has 0 bridgehead atoms. The molecular formula is C19H25N2O3+. The molecule has 5 heteroatoms. The Morgan fingerprint density at radius 1 is 1.04 bits per heavy atom. The Bertz CT molecular complexity index is 637. The number of anilines is 1. The molecule has 1 atom stereocenters. The van der Waals surface area contributed by atoms with Gasteiger partial charge >= 0.3 is 0 Å². The first-order valence-electron chi connectivity index (χ1n) is 7.99. The minimum atomic E-state index is -0.0160. The van der Waals surface area contributed by atoms with Gasteiger partial charge in [0, 0.05) is 29.4 Å². The Hall–Kier alpha value is -2.53. The number of amides is 1. The summed E-state index contributed by atoms with van der Waals surface area (Å²) in [4.78, 5) is 13.5. The molecule has 2 aromatic rings. The van der Waals surface area contributed by atoms with Gasteiger partial charge in [0.05, 0.1) is 34.2 Å². The minimum absolute atomic E-state index is 0.0160. The van der Waals surface area contributed by atoms with Crippen molar-refractivity contribution >= 4 is 11.6 Å². The summed E-state index contributed by atoms with van der Waals surface area (Å²) in [6.07, 6.45) is 0.457. The highest BCUT2D eigenvalue weighted by Gasteiger charge is 2.10. The molecule has 0 saturated carbocycles. The predicted octanol–water partition coefficient (Wildman–Crippen LogP) is 1.75. The van der Waals surface area contributed by atoms with Gasteiger partial charge in [0.1, 0.15) is 18.0 Å². The van der Waals surface area contributed by atoms with Crippen LogP contribution in [-0.2, 0) is 11.3 Å². The van der Waals surface area contributed by atoms with Gasteiger partial charge in [0.15, 0.2) is 0 Å². The molecule has 0 aliphatic rings. The van der Waals surface area contributed by atoms with Gasteiger partial charge < -0.3 is 19.7 Å². The van der Waals surface area contributed by atoms with E-state index in [0.29, 0.717) is 23.6 Å². The molecular weight excluding hydrogens is 304 g/mol. The van der Waals surface area contributed by atoms with Crippen molar-refractivity contribution in [3.8, 4) is 11.5 Å². The van der Waals surface area contributed by atoms with Crippen LogP contribution in [0.1, 0.15) is 12.0 Å². The van der Waals surface area contributed by atoms with Gasteiger partial charge in [-0.2, -0.15) is 0 Å². The monoisotopic (exact) mass is 329 g/mol. The number of benzene rings is 2. The summed E-state index contributed by atoms with van der Waals surface area (Å²) in [6, 6.07) is 15.6. The Kier molecular flexibility index (Phi) is 6.63. The number of hydrogen-bond donors (Lipinski definition) is 2. The molecule has 0 fully saturated rings. The summed E-state index contributed by atoms with van der Waals surface area (Å²) in [5.41, 5.74) is 1.95. The molecule has 2 rings (SSSR count). The second kappa shape index (κ2) is 8.93. The van der Waals surface area contributed by atoms with Crippen LogP contribution in [0.3, 0.4) is 0 Å². The number of quaternary nitrogens is 1. The molecule has 24 heavy (non-hydrogen) atoms. The van der Waals surface area contributed by atoms with Gasteiger partial charge in [0.2, 0.25) is 5.91 Å². The predicted molar refractivity (Wildman–Crippen MR) is 94.7 cm³/mol. The maximum atomic E-state index is 12.2. The second-order valence-electron chi connectivity index (χ2n) is 5.77. The number of carbonyl (C=O) groups is 1. The van der Waals surface area contributed by atoms with Crippen molar-refractivity contribution in [2.45, 2.75) is 13.0 Å². The molecule has 0 aromatic heterocycles. The summed E-state index contributed by atoms with van der Waals surface area (Å²) in [5, 5.41) is 2.90. The molecule has 128 valence electrons. The van der Waals surface area contributed by atoms with Crippen LogP contribution in [0, 0.1) is 0 Å². The van der Waals surface area contributed by atoms with Gasteiger partial charge in [-0.15, -0.1) is 0 Å². The molecule has 0 aliphatic carbocycles.